The normalized spacial score (nSPS) is 34.7. The molecule has 0 aliphatic heterocycles. The maximum atomic E-state index is 13.1. The summed E-state index contributed by atoms with van der Waals surface area (Å²) in [5, 5.41) is 2.76. The molecule has 148 valence electrons. The molecule has 0 heterocycles. The number of alkyl halides is 5. The van der Waals surface area contributed by atoms with Gasteiger partial charge in [-0.05, 0) is 62.5 Å². The Kier molecular flexibility index (Phi) is 4.37. The van der Waals surface area contributed by atoms with Gasteiger partial charge in [0.2, 0.25) is 5.91 Å². The van der Waals surface area contributed by atoms with E-state index in [9.17, 15) is 22.4 Å². The summed E-state index contributed by atoms with van der Waals surface area (Å²) in [6, 6.07) is 5.16. The van der Waals surface area contributed by atoms with E-state index in [4.69, 9.17) is 11.6 Å². The number of nitrogens with one attached hydrogen (secondary N) is 1. The SMILES string of the molecule is O=C(Nc1cccc(OC(F)(F)C(F)F)c1)C12C[C@H]3C[C@@H](CC(Cl)(C3)C1)C2. The van der Waals surface area contributed by atoms with Crippen LogP contribution in [0.15, 0.2) is 24.3 Å². The van der Waals surface area contributed by atoms with Gasteiger partial charge < -0.3 is 10.1 Å². The number of hydrogen-bond donors (Lipinski definition) is 1. The number of halogens is 5. The summed E-state index contributed by atoms with van der Waals surface area (Å²) in [7, 11) is 0. The molecule has 3 nitrogen and oxygen atoms in total. The fourth-order valence-electron chi connectivity index (χ4n) is 5.52. The van der Waals surface area contributed by atoms with Crippen LogP contribution < -0.4 is 10.1 Å². The van der Waals surface area contributed by atoms with Crippen LogP contribution in [-0.2, 0) is 4.79 Å². The second-order valence-electron chi connectivity index (χ2n) is 8.34. The highest BCUT2D eigenvalue weighted by Gasteiger charge is 2.60. The quantitative estimate of drug-likeness (QED) is 0.523. The summed E-state index contributed by atoms with van der Waals surface area (Å²) in [5.41, 5.74) is -0.308. The van der Waals surface area contributed by atoms with E-state index in [1.807, 2.05) is 0 Å². The zero-order valence-corrected chi connectivity index (χ0v) is 15.2. The summed E-state index contributed by atoms with van der Waals surface area (Å²) < 4.78 is 54.9. The van der Waals surface area contributed by atoms with E-state index in [-0.39, 0.29) is 16.5 Å². The lowest BCUT2D eigenvalue weighted by Crippen LogP contribution is -2.57. The molecule has 0 aromatic heterocycles. The predicted molar refractivity (Wildman–Crippen MR) is 92.3 cm³/mol. The van der Waals surface area contributed by atoms with Crippen molar-refractivity contribution in [1.82, 2.24) is 0 Å². The highest BCUT2D eigenvalue weighted by molar-refractivity contribution is 6.24. The molecular weight excluding hydrogens is 386 g/mol. The Balaban J connectivity index is 1.50. The molecule has 4 bridgehead atoms. The van der Waals surface area contributed by atoms with Gasteiger partial charge in [-0.15, -0.1) is 11.6 Å². The molecule has 1 amide bonds. The molecule has 1 aromatic carbocycles. The van der Waals surface area contributed by atoms with Gasteiger partial charge in [-0.2, -0.15) is 17.6 Å². The van der Waals surface area contributed by atoms with E-state index >= 15 is 0 Å². The average Bonchev–Trinajstić information content (AvgIpc) is 2.52. The molecule has 4 saturated carbocycles. The number of carbonyl (C=O) groups excluding carboxylic acids is 1. The highest BCUT2D eigenvalue weighted by atomic mass is 35.5. The first kappa shape index (κ1) is 18.8. The van der Waals surface area contributed by atoms with Crippen LogP contribution in [0.5, 0.6) is 5.75 Å². The van der Waals surface area contributed by atoms with Gasteiger partial charge in [0.25, 0.3) is 0 Å². The Bertz CT molecular complexity index is 743. The molecule has 4 aliphatic rings. The Labute approximate surface area is 159 Å². The molecule has 2 atom stereocenters. The maximum Gasteiger partial charge on any atom is 0.461 e. The van der Waals surface area contributed by atoms with Crippen molar-refractivity contribution >= 4 is 23.2 Å². The van der Waals surface area contributed by atoms with Crippen molar-refractivity contribution in [2.75, 3.05) is 5.32 Å². The van der Waals surface area contributed by atoms with E-state index in [2.05, 4.69) is 10.1 Å². The Morgan fingerprint density at radius 1 is 1.22 bits per heavy atom. The van der Waals surface area contributed by atoms with Crippen molar-refractivity contribution in [2.24, 2.45) is 17.3 Å². The van der Waals surface area contributed by atoms with Crippen LogP contribution in [0.3, 0.4) is 0 Å². The molecule has 1 aromatic rings. The third-order valence-corrected chi connectivity index (χ3v) is 6.51. The van der Waals surface area contributed by atoms with Crippen molar-refractivity contribution in [3.63, 3.8) is 0 Å². The number of ether oxygens (including phenoxy) is 1. The van der Waals surface area contributed by atoms with Crippen LogP contribution in [-0.4, -0.2) is 23.3 Å². The molecule has 0 radical (unpaired) electrons. The van der Waals surface area contributed by atoms with Gasteiger partial charge in [0, 0.05) is 16.6 Å². The molecule has 1 N–H and O–H groups in total. The van der Waals surface area contributed by atoms with Gasteiger partial charge in [0.15, 0.2) is 0 Å². The lowest BCUT2D eigenvalue weighted by molar-refractivity contribution is -0.253. The van der Waals surface area contributed by atoms with Crippen LogP contribution in [0.25, 0.3) is 0 Å². The van der Waals surface area contributed by atoms with E-state index < -0.39 is 23.7 Å². The number of anilines is 1. The summed E-state index contributed by atoms with van der Waals surface area (Å²) >= 11 is 6.74. The first-order valence-electron chi connectivity index (χ1n) is 9.05. The van der Waals surface area contributed by atoms with Gasteiger partial charge in [-0.3, -0.25) is 4.79 Å². The molecule has 5 rings (SSSR count). The molecule has 4 aliphatic carbocycles. The van der Waals surface area contributed by atoms with Gasteiger partial charge in [0.1, 0.15) is 5.75 Å². The highest BCUT2D eigenvalue weighted by Crippen LogP contribution is 2.64. The maximum absolute atomic E-state index is 13.1. The summed E-state index contributed by atoms with van der Waals surface area (Å²) in [6.45, 7) is 0. The number of amides is 1. The van der Waals surface area contributed by atoms with Gasteiger partial charge in [-0.1, -0.05) is 6.07 Å². The molecule has 8 heteroatoms. The van der Waals surface area contributed by atoms with E-state index in [0.29, 0.717) is 18.3 Å². The Hall–Kier alpha value is -1.50. The standard InChI is InChI=1S/C19H20ClF4NO2/c20-18-8-11-4-12(9-18)7-17(6-11,10-18)16(26)25-13-2-1-3-14(5-13)27-19(23,24)15(21)22/h1-3,5,11-12,15H,4,6-10H2,(H,25,26)/t11-,12-,17?,18?/m1/s1. The second kappa shape index (κ2) is 6.26. The predicted octanol–water partition coefficient (Wildman–Crippen LogP) is 5.44. The first-order valence-corrected chi connectivity index (χ1v) is 9.42. The minimum atomic E-state index is -4.59. The smallest absolute Gasteiger partial charge is 0.428 e. The van der Waals surface area contributed by atoms with E-state index in [1.165, 1.54) is 12.1 Å². The van der Waals surface area contributed by atoms with Crippen LogP contribution >= 0.6 is 11.6 Å². The zero-order valence-electron chi connectivity index (χ0n) is 14.5. The van der Waals surface area contributed by atoms with Gasteiger partial charge in [-0.25, -0.2) is 0 Å². The lowest BCUT2D eigenvalue weighted by Gasteiger charge is -2.59. The van der Waals surface area contributed by atoms with Crippen LogP contribution in [0.4, 0.5) is 23.2 Å². The third-order valence-electron chi connectivity index (χ3n) is 6.07. The number of rotatable bonds is 5. The third kappa shape index (κ3) is 3.50. The molecular formula is C19H20ClF4NO2. The topological polar surface area (TPSA) is 38.3 Å². The molecule has 0 spiro atoms. The van der Waals surface area contributed by atoms with E-state index in [0.717, 1.165) is 44.2 Å². The second-order valence-corrected chi connectivity index (χ2v) is 9.14. The monoisotopic (exact) mass is 405 g/mol. The number of benzene rings is 1. The molecule has 4 fully saturated rings. The number of hydrogen-bond acceptors (Lipinski definition) is 2. The lowest BCUT2D eigenvalue weighted by atomic mass is 9.49. The summed E-state index contributed by atoms with van der Waals surface area (Å²) in [4.78, 5) is 12.7. The van der Waals surface area contributed by atoms with Crippen molar-refractivity contribution in [3.05, 3.63) is 24.3 Å². The van der Waals surface area contributed by atoms with Crippen LogP contribution in [0.1, 0.15) is 38.5 Å². The summed E-state index contributed by atoms with van der Waals surface area (Å²) in [6.07, 6.45) is -3.38. The van der Waals surface area contributed by atoms with Crippen molar-refractivity contribution in [2.45, 2.75) is 55.9 Å². The van der Waals surface area contributed by atoms with Crippen molar-refractivity contribution < 1.29 is 27.1 Å². The van der Waals surface area contributed by atoms with Crippen LogP contribution in [0, 0.1) is 17.3 Å². The van der Waals surface area contributed by atoms with Crippen molar-refractivity contribution in [3.8, 4) is 5.75 Å². The molecule has 0 saturated heterocycles. The zero-order chi connectivity index (χ0) is 19.4. The average molecular weight is 406 g/mol. The largest absolute Gasteiger partial charge is 0.461 e. The Morgan fingerprint density at radius 2 is 1.89 bits per heavy atom. The first-order chi connectivity index (χ1) is 12.6. The number of carbonyl (C=O) groups is 1. The molecule has 0 unspecified atom stereocenters. The fraction of sp³-hybridized carbons (Fsp3) is 0.632. The van der Waals surface area contributed by atoms with Gasteiger partial charge in [0.05, 0.1) is 5.41 Å². The summed E-state index contributed by atoms with van der Waals surface area (Å²) in [5.74, 6) is 0.264. The Morgan fingerprint density at radius 3 is 2.48 bits per heavy atom. The van der Waals surface area contributed by atoms with Crippen molar-refractivity contribution in [1.29, 1.82) is 0 Å². The fourth-order valence-corrected chi connectivity index (χ4v) is 6.21. The molecule has 27 heavy (non-hydrogen) atoms. The van der Waals surface area contributed by atoms with Crippen LogP contribution in [0.2, 0.25) is 0 Å². The van der Waals surface area contributed by atoms with Gasteiger partial charge >= 0.3 is 12.5 Å². The van der Waals surface area contributed by atoms with E-state index in [1.54, 1.807) is 0 Å². The minimum Gasteiger partial charge on any atom is -0.428 e. The minimum absolute atomic E-state index is 0.181.